The number of pyridine rings is 1. The normalized spacial score (nSPS) is 21.6. The molecule has 7 heteroatoms. The number of anilines is 2. The first kappa shape index (κ1) is 16.9. The zero-order valence-electron chi connectivity index (χ0n) is 13.5. The van der Waals surface area contributed by atoms with Crippen LogP contribution in [0.25, 0.3) is 0 Å². The van der Waals surface area contributed by atoms with Crippen molar-refractivity contribution in [3.8, 4) is 0 Å². The summed E-state index contributed by atoms with van der Waals surface area (Å²) >= 11 is 14.0. The number of nitrogens with one attached hydrogen (secondary N) is 2. The molecule has 0 saturated carbocycles. The van der Waals surface area contributed by atoms with Crippen LogP contribution in [0.4, 0.5) is 10.9 Å². The first-order valence-electron chi connectivity index (χ1n) is 8.28. The molecule has 4 nitrogen and oxygen atoms in total. The number of nitrogens with zero attached hydrogens (tertiary/aromatic N) is 2. The molecule has 2 atom stereocenters. The van der Waals surface area contributed by atoms with Crippen LogP contribution in [0.3, 0.4) is 0 Å². The van der Waals surface area contributed by atoms with E-state index in [9.17, 15) is 0 Å². The van der Waals surface area contributed by atoms with Crippen LogP contribution < -0.4 is 10.6 Å². The molecule has 0 amide bonds. The highest BCUT2D eigenvalue weighted by Gasteiger charge is 2.25. The third-order valence-electron chi connectivity index (χ3n) is 4.44. The summed E-state index contributed by atoms with van der Waals surface area (Å²) in [7, 11) is 0. The number of fused-ring (bicyclic) bond motifs is 1. The lowest BCUT2D eigenvalue weighted by atomic mass is 9.99. The maximum atomic E-state index is 6.37. The van der Waals surface area contributed by atoms with Gasteiger partial charge in [-0.1, -0.05) is 35.9 Å². The second-order valence-corrected chi connectivity index (χ2v) is 8.20. The van der Waals surface area contributed by atoms with Crippen molar-refractivity contribution < 1.29 is 0 Å². The average molecular weight is 393 g/mol. The van der Waals surface area contributed by atoms with Gasteiger partial charge in [-0.15, -0.1) is 22.9 Å². The van der Waals surface area contributed by atoms with Crippen LogP contribution in [0.5, 0.6) is 0 Å². The second kappa shape index (κ2) is 7.36. The Balaban J connectivity index is 1.40. The Hall–Kier alpha value is -1.56. The van der Waals surface area contributed by atoms with Gasteiger partial charge in [-0.05, 0) is 30.0 Å². The van der Waals surface area contributed by atoms with Gasteiger partial charge in [0.2, 0.25) is 0 Å². The van der Waals surface area contributed by atoms with E-state index in [2.05, 4.69) is 38.8 Å². The molecule has 25 heavy (non-hydrogen) atoms. The number of hydrogen-bond donors (Lipinski definition) is 2. The zero-order chi connectivity index (χ0) is 17.2. The van der Waals surface area contributed by atoms with Crippen LogP contribution >= 0.6 is 34.5 Å². The molecule has 0 radical (unpaired) electrons. The number of hydrogen-bond acceptors (Lipinski definition) is 5. The summed E-state index contributed by atoms with van der Waals surface area (Å²) in [6, 6.07) is 4.12. The van der Waals surface area contributed by atoms with E-state index in [4.69, 9.17) is 23.2 Å². The maximum Gasteiger partial charge on any atom is 0.184 e. The van der Waals surface area contributed by atoms with Gasteiger partial charge in [-0.2, -0.15) is 0 Å². The van der Waals surface area contributed by atoms with Crippen LogP contribution in [0.1, 0.15) is 22.8 Å². The highest BCUT2D eigenvalue weighted by molar-refractivity contribution is 7.16. The number of thiazole rings is 1. The van der Waals surface area contributed by atoms with Crippen molar-refractivity contribution in [3.63, 3.8) is 0 Å². The quantitative estimate of drug-likeness (QED) is 0.713. The standard InChI is InChI=1S/C18H18Cl2N4S/c19-13-5-3-11(4-6-13)9-23-18-24-16(20)15(25-18)8-12-10-22-17-14(12)2-1-7-21-17/h1-5,7,12-13H,6,8-10H2,(H,21,22)(H,23,24). The predicted molar refractivity (Wildman–Crippen MR) is 106 cm³/mol. The van der Waals surface area contributed by atoms with Crippen molar-refractivity contribution in [1.82, 2.24) is 9.97 Å². The molecule has 0 spiro atoms. The summed E-state index contributed by atoms with van der Waals surface area (Å²) < 4.78 is 0. The number of aromatic nitrogens is 2. The number of alkyl halides is 1. The number of rotatable bonds is 5. The zero-order valence-corrected chi connectivity index (χ0v) is 15.8. The Labute approximate surface area is 161 Å². The Bertz CT molecular complexity index is 830. The van der Waals surface area contributed by atoms with E-state index in [0.29, 0.717) is 11.1 Å². The minimum absolute atomic E-state index is 0.113. The molecular weight excluding hydrogens is 375 g/mol. The SMILES string of the molecule is Clc1nc(NCC2=CCC(Cl)C=C2)sc1CC1CNc2ncccc21. The molecule has 2 unspecified atom stereocenters. The van der Waals surface area contributed by atoms with Gasteiger partial charge in [-0.25, -0.2) is 9.97 Å². The lowest BCUT2D eigenvalue weighted by Crippen LogP contribution is -2.07. The molecule has 0 saturated heterocycles. The Morgan fingerprint density at radius 2 is 2.32 bits per heavy atom. The van der Waals surface area contributed by atoms with E-state index >= 15 is 0 Å². The molecule has 2 aliphatic rings. The minimum atomic E-state index is 0.113. The van der Waals surface area contributed by atoms with E-state index in [1.54, 1.807) is 11.3 Å². The molecule has 2 aromatic rings. The van der Waals surface area contributed by atoms with Crippen LogP contribution in [0, 0.1) is 0 Å². The fourth-order valence-electron chi connectivity index (χ4n) is 3.11. The lowest BCUT2D eigenvalue weighted by molar-refractivity contribution is 0.760. The number of allylic oxidation sites excluding steroid dienone is 2. The first-order chi connectivity index (χ1) is 12.2. The minimum Gasteiger partial charge on any atom is -0.369 e. The topological polar surface area (TPSA) is 49.8 Å². The summed E-state index contributed by atoms with van der Waals surface area (Å²) in [6.45, 7) is 1.63. The Kier molecular flexibility index (Phi) is 4.97. The molecular formula is C18H18Cl2N4S. The molecule has 130 valence electrons. The molecule has 1 aliphatic heterocycles. The molecule has 1 aliphatic carbocycles. The van der Waals surface area contributed by atoms with E-state index in [1.165, 1.54) is 11.1 Å². The summed E-state index contributed by atoms with van der Waals surface area (Å²) in [6.07, 6.45) is 9.82. The van der Waals surface area contributed by atoms with Crippen molar-refractivity contribution >= 4 is 45.5 Å². The summed E-state index contributed by atoms with van der Waals surface area (Å²) in [5.41, 5.74) is 2.49. The molecule has 2 aromatic heterocycles. The highest BCUT2D eigenvalue weighted by Crippen LogP contribution is 2.36. The van der Waals surface area contributed by atoms with E-state index in [0.717, 1.165) is 41.8 Å². The van der Waals surface area contributed by atoms with Crippen molar-refractivity contribution in [3.05, 3.63) is 57.7 Å². The molecule has 3 heterocycles. The van der Waals surface area contributed by atoms with E-state index in [1.807, 2.05) is 18.3 Å². The van der Waals surface area contributed by atoms with Crippen LogP contribution in [-0.2, 0) is 6.42 Å². The van der Waals surface area contributed by atoms with Gasteiger partial charge in [0.1, 0.15) is 11.0 Å². The predicted octanol–water partition coefficient (Wildman–Crippen LogP) is 4.85. The summed E-state index contributed by atoms with van der Waals surface area (Å²) in [4.78, 5) is 9.95. The van der Waals surface area contributed by atoms with Crippen molar-refractivity contribution in [1.29, 1.82) is 0 Å². The van der Waals surface area contributed by atoms with Gasteiger partial charge in [0.15, 0.2) is 5.13 Å². The van der Waals surface area contributed by atoms with Gasteiger partial charge in [0.05, 0.1) is 5.38 Å². The fourth-order valence-corrected chi connectivity index (χ4v) is 4.53. The number of halogens is 2. The Morgan fingerprint density at radius 3 is 3.16 bits per heavy atom. The third kappa shape index (κ3) is 3.84. The first-order valence-corrected chi connectivity index (χ1v) is 9.91. The van der Waals surface area contributed by atoms with Gasteiger partial charge >= 0.3 is 0 Å². The molecule has 0 bridgehead atoms. The van der Waals surface area contributed by atoms with Crippen molar-refractivity contribution in [2.75, 3.05) is 23.7 Å². The lowest BCUT2D eigenvalue weighted by Gasteiger charge is -2.10. The van der Waals surface area contributed by atoms with E-state index < -0.39 is 0 Å². The average Bonchev–Trinajstić information content (AvgIpc) is 3.19. The molecule has 0 fully saturated rings. The summed E-state index contributed by atoms with van der Waals surface area (Å²) in [5.74, 6) is 1.37. The molecule has 0 aromatic carbocycles. The second-order valence-electron chi connectivity index (χ2n) is 6.20. The molecule has 4 rings (SSSR count). The maximum absolute atomic E-state index is 6.37. The van der Waals surface area contributed by atoms with Crippen LogP contribution in [-0.4, -0.2) is 28.4 Å². The van der Waals surface area contributed by atoms with Gasteiger partial charge in [-0.3, -0.25) is 0 Å². The van der Waals surface area contributed by atoms with Gasteiger partial charge in [0.25, 0.3) is 0 Å². The third-order valence-corrected chi connectivity index (χ3v) is 6.23. The van der Waals surface area contributed by atoms with Crippen molar-refractivity contribution in [2.24, 2.45) is 0 Å². The Morgan fingerprint density at radius 1 is 1.40 bits per heavy atom. The monoisotopic (exact) mass is 392 g/mol. The smallest absolute Gasteiger partial charge is 0.184 e. The fraction of sp³-hybridized carbons (Fsp3) is 0.333. The van der Waals surface area contributed by atoms with Gasteiger partial charge in [0, 0.05) is 30.1 Å². The largest absolute Gasteiger partial charge is 0.369 e. The van der Waals surface area contributed by atoms with Crippen molar-refractivity contribution in [2.45, 2.75) is 24.1 Å². The van der Waals surface area contributed by atoms with E-state index in [-0.39, 0.29) is 5.38 Å². The molecule has 2 N–H and O–H groups in total. The van der Waals surface area contributed by atoms with Crippen LogP contribution in [0.15, 0.2) is 42.1 Å². The van der Waals surface area contributed by atoms with Gasteiger partial charge < -0.3 is 10.6 Å². The van der Waals surface area contributed by atoms with Crippen LogP contribution in [0.2, 0.25) is 5.15 Å². The highest BCUT2D eigenvalue weighted by atomic mass is 35.5. The summed E-state index contributed by atoms with van der Waals surface area (Å²) in [5, 5.41) is 8.29.